The Bertz CT molecular complexity index is 358. The largest absolute Gasteiger partial charge is 0.396 e. The molecule has 0 saturated carbocycles. The third kappa shape index (κ3) is 3.06. The van der Waals surface area contributed by atoms with Crippen molar-refractivity contribution in [1.29, 1.82) is 0 Å². The van der Waals surface area contributed by atoms with Gasteiger partial charge in [0, 0.05) is 20.2 Å². The Labute approximate surface area is 95.5 Å². The molecule has 1 aromatic heterocycles. The SMILES string of the molecule is CC(C)c1cc(C(=O)NCCCO)n(C)n1. The van der Waals surface area contributed by atoms with Gasteiger partial charge in [-0.05, 0) is 18.4 Å². The van der Waals surface area contributed by atoms with Crippen LogP contribution in [0.1, 0.15) is 42.4 Å². The maximum Gasteiger partial charge on any atom is 0.269 e. The quantitative estimate of drug-likeness (QED) is 0.723. The molecule has 0 unspecified atom stereocenters. The van der Waals surface area contributed by atoms with Crippen molar-refractivity contribution in [2.75, 3.05) is 13.2 Å². The van der Waals surface area contributed by atoms with Gasteiger partial charge in [0.15, 0.2) is 0 Å². The number of aromatic nitrogens is 2. The number of aliphatic hydroxyl groups excluding tert-OH is 1. The molecule has 1 rings (SSSR count). The first-order valence-corrected chi connectivity index (χ1v) is 5.49. The van der Waals surface area contributed by atoms with Gasteiger partial charge in [0.05, 0.1) is 5.69 Å². The molecule has 0 aliphatic rings. The summed E-state index contributed by atoms with van der Waals surface area (Å²) in [7, 11) is 1.76. The number of nitrogens with one attached hydrogen (secondary N) is 1. The van der Waals surface area contributed by atoms with E-state index in [0.29, 0.717) is 24.6 Å². The van der Waals surface area contributed by atoms with Crippen molar-refractivity contribution in [3.63, 3.8) is 0 Å². The number of hydrogen-bond acceptors (Lipinski definition) is 3. The highest BCUT2D eigenvalue weighted by Gasteiger charge is 2.14. The Hall–Kier alpha value is -1.36. The van der Waals surface area contributed by atoms with E-state index in [1.807, 2.05) is 13.8 Å². The molecule has 2 N–H and O–H groups in total. The summed E-state index contributed by atoms with van der Waals surface area (Å²) in [6, 6.07) is 1.80. The van der Waals surface area contributed by atoms with Gasteiger partial charge < -0.3 is 10.4 Å². The van der Waals surface area contributed by atoms with Crippen LogP contribution in [0.15, 0.2) is 6.07 Å². The molecule has 0 radical (unpaired) electrons. The number of aliphatic hydroxyl groups is 1. The smallest absolute Gasteiger partial charge is 0.269 e. The highest BCUT2D eigenvalue weighted by Crippen LogP contribution is 2.13. The average molecular weight is 225 g/mol. The molecule has 90 valence electrons. The Morgan fingerprint density at radius 3 is 2.81 bits per heavy atom. The summed E-state index contributed by atoms with van der Waals surface area (Å²) in [5, 5.41) is 15.6. The van der Waals surface area contributed by atoms with Gasteiger partial charge >= 0.3 is 0 Å². The van der Waals surface area contributed by atoms with Crippen LogP contribution in [-0.4, -0.2) is 33.9 Å². The molecule has 16 heavy (non-hydrogen) atoms. The fourth-order valence-corrected chi connectivity index (χ4v) is 1.36. The Morgan fingerprint density at radius 2 is 2.31 bits per heavy atom. The van der Waals surface area contributed by atoms with E-state index in [9.17, 15) is 4.79 Å². The lowest BCUT2D eigenvalue weighted by Crippen LogP contribution is -2.26. The molecule has 0 spiro atoms. The second-order valence-electron chi connectivity index (χ2n) is 4.07. The van der Waals surface area contributed by atoms with Crippen LogP contribution < -0.4 is 5.32 Å². The summed E-state index contributed by atoms with van der Waals surface area (Å²) in [5.74, 6) is 0.167. The molecule has 1 aromatic rings. The zero-order valence-corrected chi connectivity index (χ0v) is 10.0. The fourth-order valence-electron chi connectivity index (χ4n) is 1.36. The molecule has 0 saturated heterocycles. The van der Waals surface area contributed by atoms with Gasteiger partial charge in [-0.2, -0.15) is 5.10 Å². The second-order valence-corrected chi connectivity index (χ2v) is 4.07. The monoisotopic (exact) mass is 225 g/mol. The van der Waals surface area contributed by atoms with E-state index in [4.69, 9.17) is 5.11 Å². The highest BCUT2D eigenvalue weighted by atomic mass is 16.3. The molecular formula is C11H19N3O2. The summed E-state index contributed by atoms with van der Waals surface area (Å²) >= 11 is 0. The minimum Gasteiger partial charge on any atom is -0.396 e. The van der Waals surface area contributed by atoms with Crippen LogP contribution in [0.25, 0.3) is 0 Å². The Morgan fingerprint density at radius 1 is 1.62 bits per heavy atom. The lowest BCUT2D eigenvalue weighted by Gasteiger charge is -2.03. The third-order valence-corrected chi connectivity index (χ3v) is 2.34. The van der Waals surface area contributed by atoms with Gasteiger partial charge in [-0.15, -0.1) is 0 Å². The van der Waals surface area contributed by atoms with Crippen LogP contribution in [-0.2, 0) is 7.05 Å². The van der Waals surface area contributed by atoms with E-state index in [-0.39, 0.29) is 12.5 Å². The van der Waals surface area contributed by atoms with Gasteiger partial charge in [0.2, 0.25) is 0 Å². The molecule has 0 aliphatic heterocycles. The highest BCUT2D eigenvalue weighted by molar-refractivity contribution is 5.92. The van der Waals surface area contributed by atoms with Crippen molar-refractivity contribution in [2.45, 2.75) is 26.2 Å². The summed E-state index contributed by atoms with van der Waals surface area (Å²) in [5.41, 5.74) is 1.47. The zero-order valence-electron chi connectivity index (χ0n) is 10.0. The minimum atomic E-state index is -0.143. The van der Waals surface area contributed by atoms with Gasteiger partial charge in [-0.3, -0.25) is 9.48 Å². The number of amides is 1. The van der Waals surface area contributed by atoms with Gasteiger partial charge in [-0.1, -0.05) is 13.8 Å². The van der Waals surface area contributed by atoms with Gasteiger partial charge in [0.25, 0.3) is 5.91 Å². The normalized spacial score (nSPS) is 10.8. The van der Waals surface area contributed by atoms with Gasteiger partial charge in [0.1, 0.15) is 5.69 Å². The van der Waals surface area contributed by atoms with Crippen molar-refractivity contribution in [2.24, 2.45) is 7.05 Å². The van der Waals surface area contributed by atoms with Crippen LogP contribution in [0.2, 0.25) is 0 Å². The van der Waals surface area contributed by atoms with Crippen molar-refractivity contribution >= 4 is 5.91 Å². The zero-order chi connectivity index (χ0) is 12.1. The van der Waals surface area contributed by atoms with Crippen molar-refractivity contribution in [3.05, 3.63) is 17.5 Å². The molecule has 0 fully saturated rings. The van der Waals surface area contributed by atoms with Crippen LogP contribution in [0, 0.1) is 0 Å². The van der Waals surface area contributed by atoms with Crippen molar-refractivity contribution in [3.8, 4) is 0 Å². The summed E-state index contributed by atoms with van der Waals surface area (Å²) in [4.78, 5) is 11.7. The number of carbonyl (C=O) groups excluding carboxylic acids is 1. The average Bonchev–Trinajstić information content (AvgIpc) is 2.61. The molecule has 0 bridgehead atoms. The topological polar surface area (TPSA) is 67.2 Å². The molecule has 0 aromatic carbocycles. The van der Waals surface area contributed by atoms with E-state index in [2.05, 4.69) is 10.4 Å². The molecular weight excluding hydrogens is 206 g/mol. The van der Waals surface area contributed by atoms with E-state index in [0.717, 1.165) is 5.69 Å². The number of aryl methyl sites for hydroxylation is 1. The molecule has 1 amide bonds. The van der Waals surface area contributed by atoms with E-state index >= 15 is 0 Å². The second kappa shape index (κ2) is 5.65. The lowest BCUT2D eigenvalue weighted by molar-refractivity contribution is 0.0942. The maximum atomic E-state index is 11.7. The third-order valence-electron chi connectivity index (χ3n) is 2.34. The predicted octanol–water partition coefficient (Wildman–Crippen LogP) is 0.656. The molecule has 5 nitrogen and oxygen atoms in total. The van der Waals surface area contributed by atoms with Crippen LogP contribution in [0.4, 0.5) is 0 Å². The van der Waals surface area contributed by atoms with E-state index < -0.39 is 0 Å². The maximum absolute atomic E-state index is 11.7. The van der Waals surface area contributed by atoms with E-state index in [1.54, 1.807) is 17.8 Å². The first-order valence-electron chi connectivity index (χ1n) is 5.49. The number of nitrogens with zero attached hydrogens (tertiary/aromatic N) is 2. The molecule has 0 atom stereocenters. The Balaban J connectivity index is 2.68. The summed E-state index contributed by atoms with van der Waals surface area (Å²) in [6.45, 7) is 4.64. The first-order chi connectivity index (χ1) is 7.56. The van der Waals surface area contributed by atoms with Crippen LogP contribution >= 0.6 is 0 Å². The lowest BCUT2D eigenvalue weighted by atomic mass is 10.1. The standard InChI is InChI=1S/C11H19N3O2/c1-8(2)9-7-10(14(3)13-9)11(16)12-5-4-6-15/h7-8,15H,4-6H2,1-3H3,(H,12,16). The van der Waals surface area contributed by atoms with Crippen LogP contribution in [0.5, 0.6) is 0 Å². The van der Waals surface area contributed by atoms with Crippen molar-refractivity contribution in [1.82, 2.24) is 15.1 Å². The van der Waals surface area contributed by atoms with Crippen molar-refractivity contribution < 1.29 is 9.90 Å². The molecule has 0 aliphatic carbocycles. The number of rotatable bonds is 5. The van der Waals surface area contributed by atoms with E-state index in [1.165, 1.54) is 0 Å². The minimum absolute atomic E-state index is 0.0862. The first kappa shape index (κ1) is 12.7. The van der Waals surface area contributed by atoms with Crippen LogP contribution in [0.3, 0.4) is 0 Å². The summed E-state index contributed by atoms with van der Waals surface area (Å²) in [6.07, 6.45) is 0.570. The van der Waals surface area contributed by atoms with Gasteiger partial charge in [-0.25, -0.2) is 0 Å². The Kier molecular flexibility index (Phi) is 4.49. The number of carbonyl (C=O) groups is 1. The summed E-state index contributed by atoms with van der Waals surface area (Å²) < 4.78 is 1.59. The number of hydrogen-bond donors (Lipinski definition) is 2. The fraction of sp³-hybridized carbons (Fsp3) is 0.636. The molecule has 1 heterocycles. The molecule has 5 heteroatoms. The predicted molar refractivity (Wildman–Crippen MR) is 61.3 cm³/mol.